The molecular weight excluding hydrogens is 162 g/mol. The lowest BCUT2D eigenvalue weighted by Crippen LogP contribution is -2.12. The molecule has 0 unspecified atom stereocenters. The maximum Gasteiger partial charge on any atom is 0.269 e. The van der Waals surface area contributed by atoms with E-state index in [1.54, 1.807) is 12.1 Å². The number of carbonyl (C=O) groups is 1. The Balaban J connectivity index is 3.13. The number of carbonyl (C=O) groups excluding carboxylic acids is 1. The Bertz CT molecular complexity index is 323. The Labute approximate surface area is 78.8 Å². The molecule has 69 valence electrons. The fourth-order valence-corrected chi connectivity index (χ4v) is 1.13. The van der Waals surface area contributed by atoms with Gasteiger partial charge in [0.05, 0.1) is 0 Å². The zero-order chi connectivity index (χ0) is 10.1. The van der Waals surface area contributed by atoms with Crippen molar-refractivity contribution in [2.24, 2.45) is 0 Å². The second-order valence-electron chi connectivity index (χ2n) is 4.16. The second kappa shape index (κ2) is 3.21. The molecule has 1 N–H and O–H groups in total. The van der Waals surface area contributed by atoms with Crippen LogP contribution in [0.15, 0.2) is 24.3 Å². The number of nitrogens with one attached hydrogen (secondary N) is 1. The molecule has 1 radical (unpaired) electrons. The van der Waals surface area contributed by atoms with Crippen LogP contribution in [0.2, 0.25) is 0 Å². The summed E-state index contributed by atoms with van der Waals surface area (Å²) >= 11 is 0. The van der Waals surface area contributed by atoms with Gasteiger partial charge in [-0.3, -0.25) is 10.5 Å². The second-order valence-corrected chi connectivity index (χ2v) is 4.16. The first-order valence-corrected chi connectivity index (χ1v) is 4.28. The van der Waals surface area contributed by atoms with E-state index in [1.165, 1.54) is 0 Å². The van der Waals surface area contributed by atoms with Crippen LogP contribution in [0, 0.1) is 0 Å². The molecule has 0 bridgehead atoms. The van der Waals surface area contributed by atoms with Crippen LogP contribution in [-0.4, -0.2) is 5.91 Å². The van der Waals surface area contributed by atoms with Gasteiger partial charge in [0.25, 0.3) is 5.91 Å². The third-order valence-electron chi connectivity index (χ3n) is 1.99. The Kier molecular flexibility index (Phi) is 2.41. The van der Waals surface area contributed by atoms with E-state index in [2.05, 4.69) is 20.8 Å². The first kappa shape index (κ1) is 9.78. The van der Waals surface area contributed by atoms with Gasteiger partial charge in [-0.2, -0.15) is 0 Å². The summed E-state index contributed by atoms with van der Waals surface area (Å²) in [7, 11) is 0. The molecule has 0 heterocycles. The van der Waals surface area contributed by atoms with Crippen molar-refractivity contribution in [1.82, 2.24) is 5.73 Å². The third kappa shape index (κ3) is 2.31. The monoisotopic (exact) mass is 176 g/mol. The summed E-state index contributed by atoms with van der Waals surface area (Å²) < 4.78 is 0. The first-order chi connectivity index (χ1) is 5.91. The molecular formula is C11H14NO. The lowest BCUT2D eigenvalue weighted by atomic mass is 9.86. The minimum atomic E-state index is -0.619. The Morgan fingerprint density at radius 1 is 1.31 bits per heavy atom. The van der Waals surface area contributed by atoms with Crippen LogP contribution in [0.5, 0.6) is 0 Å². The van der Waals surface area contributed by atoms with Crippen LogP contribution < -0.4 is 5.73 Å². The number of hydrogen-bond acceptors (Lipinski definition) is 1. The summed E-state index contributed by atoms with van der Waals surface area (Å²) in [5.74, 6) is -0.619. The molecule has 0 spiro atoms. The number of amides is 1. The maximum absolute atomic E-state index is 10.8. The summed E-state index contributed by atoms with van der Waals surface area (Å²) in [6, 6.07) is 7.26. The summed E-state index contributed by atoms with van der Waals surface area (Å²) in [5, 5.41) is 0. The van der Waals surface area contributed by atoms with Crippen LogP contribution in [-0.2, 0) is 5.41 Å². The van der Waals surface area contributed by atoms with Crippen molar-refractivity contribution >= 4 is 5.91 Å². The van der Waals surface area contributed by atoms with E-state index in [1.807, 2.05) is 12.1 Å². The predicted octanol–water partition coefficient (Wildman–Crippen LogP) is 2.41. The molecule has 2 heteroatoms. The average Bonchev–Trinajstić information content (AvgIpc) is 2.03. The fourth-order valence-electron chi connectivity index (χ4n) is 1.13. The fraction of sp³-hybridized carbons (Fsp3) is 0.364. The van der Waals surface area contributed by atoms with E-state index in [9.17, 15) is 4.79 Å². The van der Waals surface area contributed by atoms with Crippen molar-refractivity contribution in [3.63, 3.8) is 0 Å². The highest BCUT2D eigenvalue weighted by molar-refractivity contribution is 5.92. The zero-order valence-corrected chi connectivity index (χ0v) is 8.22. The zero-order valence-electron chi connectivity index (χ0n) is 8.22. The highest BCUT2D eigenvalue weighted by Crippen LogP contribution is 2.22. The normalized spacial score (nSPS) is 11.3. The summed E-state index contributed by atoms with van der Waals surface area (Å²) in [5.41, 5.74) is 8.57. The van der Waals surface area contributed by atoms with Gasteiger partial charge in [0.2, 0.25) is 0 Å². The number of benzene rings is 1. The van der Waals surface area contributed by atoms with Crippen LogP contribution in [0.4, 0.5) is 0 Å². The van der Waals surface area contributed by atoms with Crippen molar-refractivity contribution in [2.75, 3.05) is 0 Å². The van der Waals surface area contributed by atoms with E-state index >= 15 is 0 Å². The predicted molar refractivity (Wildman–Crippen MR) is 52.6 cm³/mol. The third-order valence-corrected chi connectivity index (χ3v) is 1.99. The summed E-state index contributed by atoms with van der Waals surface area (Å²) in [6.45, 7) is 6.25. The molecule has 1 rings (SSSR count). The lowest BCUT2D eigenvalue weighted by molar-refractivity contribution is 0.0992. The largest absolute Gasteiger partial charge is 0.269 e. The molecule has 0 aliphatic rings. The molecule has 13 heavy (non-hydrogen) atoms. The molecule has 1 aromatic carbocycles. The van der Waals surface area contributed by atoms with Crippen LogP contribution in [0.3, 0.4) is 0 Å². The molecule has 0 aromatic heterocycles. The van der Waals surface area contributed by atoms with Gasteiger partial charge in [0.1, 0.15) is 0 Å². The van der Waals surface area contributed by atoms with E-state index in [0.717, 1.165) is 5.56 Å². The Hall–Kier alpha value is -1.31. The molecule has 1 amide bonds. The quantitative estimate of drug-likeness (QED) is 0.647. The maximum atomic E-state index is 10.8. The van der Waals surface area contributed by atoms with Gasteiger partial charge in [-0.25, -0.2) is 0 Å². The van der Waals surface area contributed by atoms with Crippen LogP contribution in [0.1, 0.15) is 36.7 Å². The standard InChI is InChI=1S/C11H14NO/c1-11(2,3)9-6-4-5-8(7-9)10(12)13/h4-7,12H,1-3H3. The molecule has 0 aliphatic carbocycles. The lowest BCUT2D eigenvalue weighted by Gasteiger charge is -2.19. The van der Waals surface area contributed by atoms with Crippen LogP contribution >= 0.6 is 0 Å². The Morgan fingerprint density at radius 2 is 1.92 bits per heavy atom. The smallest absolute Gasteiger partial charge is 0.267 e. The van der Waals surface area contributed by atoms with Crippen LogP contribution in [0.25, 0.3) is 0 Å². The van der Waals surface area contributed by atoms with E-state index in [-0.39, 0.29) is 5.41 Å². The van der Waals surface area contributed by atoms with Crippen molar-refractivity contribution in [2.45, 2.75) is 26.2 Å². The number of rotatable bonds is 1. The van der Waals surface area contributed by atoms with E-state index in [0.29, 0.717) is 5.56 Å². The SMILES string of the molecule is CC(C)(C)c1cccc(C([NH])=O)c1. The van der Waals surface area contributed by atoms with Gasteiger partial charge >= 0.3 is 0 Å². The molecule has 0 fully saturated rings. The molecule has 0 saturated carbocycles. The van der Waals surface area contributed by atoms with E-state index < -0.39 is 5.91 Å². The molecule has 0 atom stereocenters. The molecule has 2 nitrogen and oxygen atoms in total. The highest BCUT2D eigenvalue weighted by Gasteiger charge is 2.14. The molecule has 0 saturated heterocycles. The van der Waals surface area contributed by atoms with Gasteiger partial charge in [0, 0.05) is 5.56 Å². The van der Waals surface area contributed by atoms with Crippen molar-refractivity contribution in [3.05, 3.63) is 35.4 Å². The Morgan fingerprint density at radius 3 is 2.38 bits per heavy atom. The average molecular weight is 176 g/mol. The summed E-state index contributed by atoms with van der Waals surface area (Å²) in [4.78, 5) is 10.8. The minimum absolute atomic E-state index is 0.0332. The van der Waals surface area contributed by atoms with Gasteiger partial charge in [-0.15, -0.1) is 0 Å². The van der Waals surface area contributed by atoms with E-state index in [4.69, 9.17) is 5.73 Å². The van der Waals surface area contributed by atoms with Crippen molar-refractivity contribution < 1.29 is 4.79 Å². The van der Waals surface area contributed by atoms with Crippen molar-refractivity contribution in [1.29, 1.82) is 0 Å². The topological polar surface area (TPSA) is 40.9 Å². The van der Waals surface area contributed by atoms with Gasteiger partial charge < -0.3 is 0 Å². The minimum Gasteiger partial charge on any atom is -0.267 e. The molecule has 0 aliphatic heterocycles. The summed E-state index contributed by atoms with van der Waals surface area (Å²) in [6.07, 6.45) is 0. The molecule has 1 aromatic rings. The van der Waals surface area contributed by atoms with Gasteiger partial charge in [-0.1, -0.05) is 32.9 Å². The number of hydrogen-bond donors (Lipinski definition) is 0. The highest BCUT2D eigenvalue weighted by atomic mass is 16.1. The van der Waals surface area contributed by atoms with Gasteiger partial charge in [0.15, 0.2) is 0 Å². The van der Waals surface area contributed by atoms with Crippen molar-refractivity contribution in [3.8, 4) is 0 Å². The van der Waals surface area contributed by atoms with Gasteiger partial charge in [-0.05, 0) is 23.1 Å². The first-order valence-electron chi connectivity index (χ1n) is 4.28.